The first-order valence-electron chi connectivity index (χ1n) is 11.1. The lowest BCUT2D eigenvalue weighted by molar-refractivity contribution is -0.113. The van der Waals surface area contributed by atoms with E-state index in [1.165, 1.54) is 23.9 Å². The highest BCUT2D eigenvalue weighted by molar-refractivity contribution is 7.99. The van der Waals surface area contributed by atoms with E-state index in [0.29, 0.717) is 33.8 Å². The lowest BCUT2D eigenvalue weighted by Gasteiger charge is -2.22. The van der Waals surface area contributed by atoms with Gasteiger partial charge in [-0.25, -0.2) is 0 Å². The molecule has 2 N–H and O–H groups in total. The number of nitrogens with zero attached hydrogens (tertiary/aromatic N) is 3. The van der Waals surface area contributed by atoms with Crippen molar-refractivity contribution in [2.45, 2.75) is 38.5 Å². The molecule has 1 atom stereocenters. The summed E-state index contributed by atoms with van der Waals surface area (Å²) < 4.78 is 1.84. The fraction of sp³-hybridized carbons (Fsp3) is 0.280. The van der Waals surface area contributed by atoms with E-state index in [2.05, 4.69) is 27.4 Å². The van der Waals surface area contributed by atoms with Gasteiger partial charge in [0.05, 0.1) is 27.5 Å². The van der Waals surface area contributed by atoms with Crippen LogP contribution in [0.15, 0.2) is 54.2 Å². The van der Waals surface area contributed by atoms with Gasteiger partial charge in [-0.05, 0) is 37.1 Å². The molecule has 0 saturated carbocycles. The van der Waals surface area contributed by atoms with Gasteiger partial charge in [-0.15, -0.1) is 16.8 Å². The molecule has 0 bridgehead atoms. The van der Waals surface area contributed by atoms with Crippen LogP contribution in [0.25, 0.3) is 0 Å². The average Bonchev–Trinajstić information content (AvgIpc) is 3.21. The van der Waals surface area contributed by atoms with Crippen LogP contribution in [0, 0.1) is 12.8 Å². The van der Waals surface area contributed by atoms with Crippen molar-refractivity contribution in [2.24, 2.45) is 5.92 Å². The highest BCUT2D eigenvalue weighted by atomic mass is 35.5. The fourth-order valence-corrected chi connectivity index (χ4v) is 5.03. The van der Waals surface area contributed by atoms with Gasteiger partial charge in [-0.1, -0.05) is 84.2 Å². The number of benzene rings is 2. The summed E-state index contributed by atoms with van der Waals surface area (Å²) >= 11 is 19.5. The molecule has 0 saturated heterocycles. The summed E-state index contributed by atoms with van der Waals surface area (Å²) in [7, 11) is 0. The third-order valence-electron chi connectivity index (χ3n) is 5.21. The van der Waals surface area contributed by atoms with E-state index < -0.39 is 6.04 Å². The summed E-state index contributed by atoms with van der Waals surface area (Å²) in [4.78, 5) is 25.5. The van der Waals surface area contributed by atoms with Crippen molar-refractivity contribution in [1.82, 2.24) is 20.1 Å². The Morgan fingerprint density at radius 1 is 1.11 bits per heavy atom. The molecule has 0 unspecified atom stereocenters. The van der Waals surface area contributed by atoms with Gasteiger partial charge in [0.1, 0.15) is 0 Å². The highest BCUT2D eigenvalue weighted by Crippen LogP contribution is 2.34. The number of aromatic nitrogens is 3. The number of aryl methyl sites for hydroxylation is 1. The van der Waals surface area contributed by atoms with E-state index in [4.69, 9.17) is 34.8 Å². The molecule has 1 heterocycles. The summed E-state index contributed by atoms with van der Waals surface area (Å²) in [5, 5.41) is 15.8. The van der Waals surface area contributed by atoms with Gasteiger partial charge in [-0.3, -0.25) is 9.59 Å². The molecule has 0 aliphatic heterocycles. The Hall–Kier alpha value is -2.52. The third kappa shape index (κ3) is 7.03. The first kappa shape index (κ1) is 28.1. The maximum Gasteiger partial charge on any atom is 0.251 e. The van der Waals surface area contributed by atoms with E-state index in [0.717, 1.165) is 5.56 Å². The molecule has 7 nitrogen and oxygen atoms in total. The van der Waals surface area contributed by atoms with Crippen LogP contribution in [0.3, 0.4) is 0 Å². The molecule has 0 spiro atoms. The van der Waals surface area contributed by atoms with Crippen molar-refractivity contribution in [3.8, 4) is 0 Å². The van der Waals surface area contributed by atoms with Gasteiger partial charge in [0.15, 0.2) is 11.0 Å². The number of halogens is 3. The molecule has 0 aliphatic rings. The molecule has 2 amide bonds. The second kappa shape index (κ2) is 12.6. The lowest BCUT2D eigenvalue weighted by atomic mass is 10.0. The summed E-state index contributed by atoms with van der Waals surface area (Å²) in [6.07, 6.45) is 1.71. The second-order valence-electron chi connectivity index (χ2n) is 8.38. The normalized spacial score (nSPS) is 11.9. The molecule has 36 heavy (non-hydrogen) atoms. The number of nitrogens with one attached hydrogen (secondary N) is 2. The summed E-state index contributed by atoms with van der Waals surface area (Å²) in [5.74, 6) is 0.118. The number of carbonyl (C=O) groups excluding carboxylic acids is 2. The molecule has 2 aromatic carbocycles. The number of carbonyl (C=O) groups is 2. The molecular weight excluding hydrogens is 541 g/mol. The Balaban J connectivity index is 1.76. The number of thioether (sulfide) groups is 1. The van der Waals surface area contributed by atoms with Crippen LogP contribution in [0.1, 0.15) is 41.6 Å². The van der Waals surface area contributed by atoms with Crippen LogP contribution in [-0.2, 0) is 11.3 Å². The maximum atomic E-state index is 12.9. The molecule has 190 valence electrons. The van der Waals surface area contributed by atoms with Crippen molar-refractivity contribution >= 4 is 64.1 Å². The van der Waals surface area contributed by atoms with E-state index in [9.17, 15) is 9.59 Å². The van der Waals surface area contributed by atoms with Crippen molar-refractivity contribution in [3.63, 3.8) is 0 Å². The summed E-state index contributed by atoms with van der Waals surface area (Å²) in [5.41, 5.74) is 1.93. The number of anilines is 1. The van der Waals surface area contributed by atoms with Crippen LogP contribution in [-0.4, -0.2) is 32.3 Å². The number of hydrogen-bond acceptors (Lipinski definition) is 5. The van der Waals surface area contributed by atoms with E-state index >= 15 is 0 Å². The minimum absolute atomic E-state index is 0.0301. The van der Waals surface area contributed by atoms with Crippen LogP contribution in [0.5, 0.6) is 0 Å². The predicted octanol–water partition coefficient (Wildman–Crippen LogP) is 6.59. The van der Waals surface area contributed by atoms with E-state index in [1.807, 2.05) is 37.5 Å². The van der Waals surface area contributed by atoms with Crippen LogP contribution < -0.4 is 10.6 Å². The number of hydrogen-bond donors (Lipinski definition) is 2. The molecular formula is C25H26Cl3N5O2S. The molecule has 3 rings (SSSR count). The van der Waals surface area contributed by atoms with Crippen molar-refractivity contribution in [2.75, 3.05) is 11.1 Å². The zero-order valence-corrected chi connectivity index (χ0v) is 23.1. The maximum absolute atomic E-state index is 12.9. The number of amides is 2. The van der Waals surface area contributed by atoms with Crippen LogP contribution in [0.4, 0.5) is 5.69 Å². The van der Waals surface area contributed by atoms with Crippen LogP contribution >= 0.6 is 46.6 Å². The Kier molecular flexibility index (Phi) is 9.84. The minimum Gasteiger partial charge on any atom is -0.342 e. The smallest absolute Gasteiger partial charge is 0.251 e. The van der Waals surface area contributed by atoms with Crippen molar-refractivity contribution in [1.29, 1.82) is 0 Å². The molecule has 1 aromatic heterocycles. The van der Waals surface area contributed by atoms with Gasteiger partial charge >= 0.3 is 0 Å². The Morgan fingerprint density at radius 2 is 1.75 bits per heavy atom. The van der Waals surface area contributed by atoms with Gasteiger partial charge in [0.25, 0.3) is 5.91 Å². The van der Waals surface area contributed by atoms with E-state index in [-0.39, 0.29) is 33.5 Å². The van der Waals surface area contributed by atoms with Gasteiger partial charge < -0.3 is 15.2 Å². The standard InChI is InChI=1S/C25H26Cl3N5O2S/c1-5-10-33-23(21(14(2)3)30-24(35)16-8-6-15(4)7-9-16)31-32-25(33)36-13-20(34)29-22-18(27)11-17(26)12-19(22)28/h5-9,11-12,14,21H,1,10,13H2,2-4H3,(H,29,34)(H,30,35)/t21-/m0/s1. The molecule has 0 fully saturated rings. The van der Waals surface area contributed by atoms with Crippen LogP contribution in [0.2, 0.25) is 15.1 Å². The topological polar surface area (TPSA) is 88.9 Å². The predicted molar refractivity (Wildman–Crippen MR) is 147 cm³/mol. The first-order valence-corrected chi connectivity index (χ1v) is 13.2. The number of rotatable bonds is 10. The largest absolute Gasteiger partial charge is 0.342 e. The number of allylic oxidation sites excluding steroid dienone is 1. The second-order valence-corrected chi connectivity index (χ2v) is 10.6. The zero-order chi connectivity index (χ0) is 26.4. The van der Waals surface area contributed by atoms with Crippen molar-refractivity contribution < 1.29 is 9.59 Å². The monoisotopic (exact) mass is 565 g/mol. The zero-order valence-electron chi connectivity index (χ0n) is 20.0. The molecule has 11 heteroatoms. The Morgan fingerprint density at radius 3 is 2.33 bits per heavy atom. The van der Waals surface area contributed by atoms with Crippen molar-refractivity contribution in [3.05, 3.63) is 81.1 Å². The average molecular weight is 567 g/mol. The molecule has 0 aliphatic carbocycles. The van der Waals surface area contributed by atoms with Gasteiger partial charge in [0, 0.05) is 17.1 Å². The van der Waals surface area contributed by atoms with Gasteiger partial charge in [0.2, 0.25) is 5.91 Å². The SMILES string of the molecule is C=CCn1c(SCC(=O)Nc2c(Cl)cc(Cl)cc2Cl)nnc1[C@@H](NC(=O)c1ccc(C)cc1)C(C)C. The fourth-order valence-electron chi connectivity index (χ4n) is 3.36. The van der Waals surface area contributed by atoms with E-state index in [1.54, 1.807) is 18.2 Å². The first-order chi connectivity index (χ1) is 17.1. The quantitative estimate of drug-likeness (QED) is 0.213. The lowest BCUT2D eigenvalue weighted by Crippen LogP contribution is -2.33. The molecule has 0 radical (unpaired) electrons. The van der Waals surface area contributed by atoms with Gasteiger partial charge in [-0.2, -0.15) is 0 Å². The third-order valence-corrected chi connectivity index (χ3v) is 6.99. The Labute approximate surface area is 229 Å². The highest BCUT2D eigenvalue weighted by Gasteiger charge is 2.26. The molecule has 3 aromatic rings. The summed E-state index contributed by atoms with van der Waals surface area (Å²) in [6.45, 7) is 10.2. The minimum atomic E-state index is -0.402. The summed E-state index contributed by atoms with van der Waals surface area (Å²) in [6, 6.07) is 9.96. The Bertz CT molecular complexity index is 1240.